The number of amides is 2. The third-order valence-corrected chi connectivity index (χ3v) is 6.76. The monoisotopic (exact) mass is 500 g/mol. The van der Waals surface area contributed by atoms with Gasteiger partial charge in [-0.15, -0.1) is 0 Å². The molecule has 0 aromatic heterocycles. The molecule has 2 N–H and O–H groups in total. The highest BCUT2D eigenvalue weighted by Gasteiger charge is 2.28. The van der Waals surface area contributed by atoms with E-state index in [4.69, 9.17) is 4.74 Å². The maximum absolute atomic E-state index is 12.7. The van der Waals surface area contributed by atoms with Gasteiger partial charge in [-0.05, 0) is 53.9 Å². The van der Waals surface area contributed by atoms with E-state index in [1.54, 1.807) is 24.3 Å². The van der Waals surface area contributed by atoms with Crippen molar-refractivity contribution in [2.45, 2.75) is 31.8 Å². The van der Waals surface area contributed by atoms with Crippen molar-refractivity contribution in [3.8, 4) is 11.1 Å². The number of quaternary nitrogens is 1. The first-order chi connectivity index (χ1) is 17.8. The lowest BCUT2D eigenvalue weighted by Gasteiger charge is -2.36. The van der Waals surface area contributed by atoms with Gasteiger partial charge in [-0.1, -0.05) is 36.4 Å². The summed E-state index contributed by atoms with van der Waals surface area (Å²) in [5.41, 5.74) is 4.71. The van der Waals surface area contributed by atoms with E-state index in [9.17, 15) is 14.4 Å². The van der Waals surface area contributed by atoms with Crippen LogP contribution in [0.2, 0.25) is 0 Å². The van der Waals surface area contributed by atoms with Crippen molar-refractivity contribution >= 4 is 29.7 Å². The second kappa shape index (κ2) is 11.8. The zero-order chi connectivity index (χ0) is 26.3. The molecule has 4 rings (SSSR count). The summed E-state index contributed by atoms with van der Waals surface area (Å²) in [5.74, 6) is -0.111. The highest BCUT2D eigenvalue weighted by molar-refractivity contribution is 5.93. The summed E-state index contributed by atoms with van der Waals surface area (Å²) in [6, 6.07) is 22.4. The summed E-state index contributed by atoms with van der Waals surface area (Å²) in [6.07, 6.45) is 2.81. The summed E-state index contributed by atoms with van der Waals surface area (Å²) < 4.78 is 6.68. The lowest BCUT2D eigenvalue weighted by atomic mass is 9.99. The fraction of sp³-hybridized carbons (Fsp3) is 0.300. The molecule has 1 heterocycles. The zero-order valence-corrected chi connectivity index (χ0v) is 21.4. The molecule has 37 heavy (non-hydrogen) atoms. The largest absolute Gasteiger partial charge is 0.446 e. The van der Waals surface area contributed by atoms with Gasteiger partial charge < -0.3 is 14.5 Å². The van der Waals surface area contributed by atoms with E-state index in [-0.39, 0.29) is 12.0 Å². The molecule has 3 aromatic rings. The van der Waals surface area contributed by atoms with E-state index < -0.39 is 6.09 Å². The summed E-state index contributed by atoms with van der Waals surface area (Å²) in [5, 5.41) is 5.80. The average molecular weight is 501 g/mol. The second-order valence-electron chi connectivity index (χ2n) is 10.1. The van der Waals surface area contributed by atoms with Gasteiger partial charge in [0.05, 0.1) is 32.9 Å². The molecule has 2 amide bonds. The minimum atomic E-state index is -0.442. The van der Waals surface area contributed by atoms with E-state index >= 15 is 0 Å². The normalized spacial score (nSPS) is 15.0. The lowest BCUT2D eigenvalue weighted by molar-refractivity contribution is -0.896. The predicted octanol–water partition coefficient (Wildman–Crippen LogP) is 5.52. The molecule has 1 fully saturated rings. The number of nitrogens with one attached hydrogen (secondary N) is 2. The Bertz CT molecular complexity index is 1230. The van der Waals surface area contributed by atoms with Gasteiger partial charge in [0.1, 0.15) is 12.4 Å². The van der Waals surface area contributed by atoms with Crippen LogP contribution in [0.15, 0.2) is 72.8 Å². The Labute approximate surface area is 218 Å². The van der Waals surface area contributed by atoms with Gasteiger partial charge in [-0.25, -0.2) is 4.79 Å². The van der Waals surface area contributed by atoms with Gasteiger partial charge in [-0.3, -0.25) is 14.9 Å². The fourth-order valence-corrected chi connectivity index (χ4v) is 4.49. The molecule has 0 aliphatic carbocycles. The number of ether oxygens (including phenoxy) is 1. The average Bonchev–Trinajstić information content (AvgIpc) is 2.90. The molecule has 7 nitrogen and oxygen atoms in total. The Morgan fingerprint density at radius 1 is 0.946 bits per heavy atom. The van der Waals surface area contributed by atoms with Gasteiger partial charge in [0.2, 0.25) is 5.91 Å². The van der Waals surface area contributed by atoms with Gasteiger partial charge in [0, 0.05) is 36.1 Å². The van der Waals surface area contributed by atoms with Crippen molar-refractivity contribution in [3.05, 3.63) is 83.9 Å². The molecule has 0 spiro atoms. The Morgan fingerprint density at radius 3 is 2.32 bits per heavy atom. The van der Waals surface area contributed by atoms with Crippen molar-refractivity contribution in [3.63, 3.8) is 0 Å². The SMILES string of the molecule is C[N+]1(C)CCC(OC(=O)Nc2ccc(CCC(=O)Nc3ccc(C=O)cc3)cc2-c2ccccc2)CC1. The number of carbonyl (C=O) groups is 3. The topological polar surface area (TPSA) is 84.5 Å². The number of nitrogens with zero attached hydrogens (tertiary/aromatic N) is 1. The fourth-order valence-electron chi connectivity index (χ4n) is 4.49. The Hall–Kier alpha value is -3.97. The molecule has 1 saturated heterocycles. The number of aldehydes is 1. The standard InChI is InChI=1S/C30H33N3O4/c1-33(2)18-16-26(17-19-33)37-30(36)32-28-14-10-22(20-27(28)24-6-4-3-5-7-24)11-15-29(35)31-25-12-8-23(21-34)9-13-25/h3-10,12-14,20-21,26H,11,15-19H2,1-2H3,(H-,31,32,34,35,36)/p+1. The van der Waals surface area contributed by atoms with Gasteiger partial charge in [0.15, 0.2) is 0 Å². The van der Waals surface area contributed by atoms with Crippen LogP contribution in [-0.2, 0) is 16.0 Å². The van der Waals surface area contributed by atoms with Gasteiger partial charge >= 0.3 is 6.09 Å². The van der Waals surface area contributed by atoms with Gasteiger partial charge in [-0.2, -0.15) is 0 Å². The summed E-state index contributed by atoms with van der Waals surface area (Å²) >= 11 is 0. The Morgan fingerprint density at radius 2 is 1.65 bits per heavy atom. The van der Waals surface area contributed by atoms with Gasteiger partial charge in [0.25, 0.3) is 0 Å². The number of carbonyl (C=O) groups excluding carboxylic acids is 3. The van der Waals surface area contributed by atoms with E-state index in [1.165, 1.54) is 0 Å². The molecule has 0 saturated carbocycles. The minimum absolute atomic E-state index is 0.0706. The van der Waals surface area contributed by atoms with Crippen LogP contribution in [0.1, 0.15) is 35.2 Å². The molecule has 0 unspecified atom stereocenters. The van der Waals surface area contributed by atoms with Crippen LogP contribution in [0.5, 0.6) is 0 Å². The maximum Gasteiger partial charge on any atom is 0.411 e. The van der Waals surface area contributed by atoms with Crippen LogP contribution in [0.25, 0.3) is 11.1 Å². The molecular formula is C30H34N3O4+. The number of aryl methyl sites for hydroxylation is 1. The number of rotatable bonds is 8. The summed E-state index contributed by atoms with van der Waals surface area (Å²) in [6.45, 7) is 1.97. The molecule has 0 radical (unpaired) electrons. The third kappa shape index (κ3) is 7.51. The predicted molar refractivity (Wildman–Crippen MR) is 146 cm³/mol. The molecule has 0 bridgehead atoms. The van der Waals surface area contributed by atoms with Crippen LogP contribution < -0.4 is 10.6 Å². The number of hydrogen-bond acceptors (Lipinski definition) is 4. The highest BCUT2D eigenvalue weighted by atomic mass is 16.6. The Kier molecular flexibility index (Phi) is 8.36. The van der Waals surface area contributed by atoms with Crippen molar-refractivity contribution in [2.75, 3.05) is 37.8 Å². The van der Waals surface area contributed by atoms with Crippen LogP contribution in [0.3, 0.4) is 0 Å². The Balaban J connectivity index is 1.41. The second-order valence-corrected chi connectivity index (χ2v) is 10.1. The molecule has 192 valence electrons. The number of likely N-dealkylation sites (tertiary alicyclic amines) is 1. The first kappa shape index (κ1) is 26.1. The minimum Gasteiger partial charge on any atom is -0.446 e. The molecule has 1 aliphatic heterocycles. The van der Waals surface area contributed by atoms with Crippen LogP contribution in [0.4, 0.5) is 16.2 Å². The molecule has 0 atom stereocenters. The van der Waals surface area contributed by atoms with E-state index in [2.05, 4.69) is 24.7 Å². The van der Waals surface area contributed by atoms with Crippen LogP contribution in [0, 0.1) is 0 Å². The lowest BCUT2D eigenvalue weighted by Crippen LogP contribution is -2.48. The number of piperidine rings is 1. The summed E-state index contributed by atoms with van der Waals surface area (Å²) in [4.78, 5) is 36.0. The van der Waals surface area contributed by atoms with E-state index in [0.717, 1.165) is 53.4 Å². The summed E-state index contributed by atoms with van der Waals surface area (Å²) in [7, 11) is 4.39. The van der Waals surface area contributed by atoms with Crippen molar-refractivity contribution in [1.82, 2.24) is 0 Å². The van der Waals surface area contributed by atoms with Crippen molar-refractivity contribution < 1.29 is 23.6 Å². The number of anilines is 2. The van der Waals surface area contributed by atoms with Crippen LogP contribution in [-0.4, -0.2) is 56.1 Å². The molecule has 7 heteroatoms. The van der Waals surface area contributed by atoms with E-state index in [0.29, 0.717) is 29.8 Å². The molecule has 1 aliphatic rings. The van der Waals surface area contributed by atoms with Crippen molar-refractivity contribution in [2.24, 2.45) is 0 Å². The molecular weight excluding hydrogens is 466 g/mol. The quantitative estimate of drug-likeness (QED) is 0.315. The number of hydrogen-bond donors (Lipinski definition) is 2. The number of benzene rings is 3. The zero-order valence-electron chi connectivity index (χ0n) is 21.4. The first-order valence-electron chi connectivity index (χ1n) is 12.6. The van der Waals surface area contributed by atoms with E-state index in [1.807, 2.05) is 48.5 Å². The molecule has 3 aromatic carbocycles. The third-order valence-electron chi connectivity index (χ3n) is 6.76. The van der Waals surface area contributed by atoms with Crippen molar-refractivity contribution in [1.29, 1.82) is 0 Å². The smallest absolute Gasteiger partial charge is 0.411 e. The van der Waals surface area contributed by atoms with Crippen LogP contribution >= 0.6 is 0 Å². The maximum atomic E-state index is 12.7. The highest BCUT2D eigenvalue weighted by Crippen LogP contribution is 2.30. The first-order valence-corrected chi connectivity index (χ1v) is 12.6.